The number of hydrogen-bond donors (Lipinski definition) is 2. The lowest BCUT2D eigenvalue weighted by Crippen LogP contribution is -2.35. The number of carboxylic acid groups (broad SMARTS) is 1. The fraction of sp³-hybridized carbons (Fsp3) is 0.286. The van der Waals surface area contributed by atoms with Crippen molar-refractivity contribution >= 4 is 39.6 Å². The molecule has 0 aliphatic carbocycles. The maximum atomic E-state index is 11.5. The van der Waals surface area contributed by atoms with E-state index in [9.17, 15) is 9.59 Å². The van der Waals surface area contributed by atoms with Crippen molar-refractivity contribution < 1.29 is 14.7 Å². The van der Waals surface area contributed by atoms with Gasteiger partial charge in [-0.25, -0.2) is 4.79 Å². The number of carbonyl (C=O) groups is 2. The smallest absolute Gasteiger partial charge is 0.328 e. The molecule has 0 saturated carbocycles. The minimum absolute atomic E-state index is 0.0447. The standard InChI is InChI=1S/C14H17BrN2O3/c1-3-16-13(18)9-17(2)12-6-4-10(8-11(12)15)5-7-14(19)20/h4-8H,3,9H2,1-2H3,(H,16,18)(H,19,20)/b7-5+. The van der Waals surface area contributed by atoms with E-state index in [1.165, 1.54) is 6.08 Å². The molecule has 0 aliphatic heterocycles. The maximum absolute atomic E-state index is 11.5. The summed E-state index contributed by atoms with van der Waals surface area (Å²) in [6.07, 6.45) is 2.60. The molecule has 0 fully saturated rings. The molecule has 0 heterocycles. The molecular formula is C14H17BrN2O3. The van der Waals surface area contributed by atoms with E-state index in [0.29, 0.717) is 6.54 Å². The Hall–Kier alpha value is -1.82. The Morgan fingerprint density at radius 3 is 2.70 bits per heavy atom. The fourth-order valence-corrected chi connectivity index (χ4v) is 2.36. The van der Waals surface area contributed by atoms with Crippen molar-refractivity contribution in [3.05, 3.63) is 34.3 Å². The van der Waals surface area contributed by atoms with E-state index >= 15 is 0 Å². The highest BCUT2D eigenvalue weighted by molar-refractivity contribution is 9.10. The molecule has 0 aromatic heterocycles. The van der Waals surface area contributed by atoms with Gasteiger partial charge in [0.25, 0.3) is 0 Å². The van der Waals surface area contributed by atoms with Gasteiger partial charge in [0.05, 0.1) is 12.2 Å². The van der Waals surface area contributed by atoms with Gasteiger partial charge in [-0.2, -0.15) is 0 Å². The van der Waals surface area contributed by atoms with Gasteiger partial charge < -0.3 is 15.3 Å². The first-order valence-corrected chi connectivity index (χ1v) is 6.91. The Morgan fingerprint density at radius 2 is 2.15 bits per heavy atom. The van der Waals surface area contributed by atoms with Gasteiger partial charge in [-0.3, -0.25) is 4.79 Å². The van der Waals surface area contributed by atoms with E-state index in [4.69, 9.17) is 5.11 Å². The molecule has 0 atom stereocenters. The van der Waals surface area contributed by atoms with Crippen LogP contribution in [0.2, 0.25) is 0 Å². The number of likely N-dealkylation sites (N-methyl/N-ethyl adjacent to an activating group) is 2. The van der Waals surface area contributed by atoms with Crippen molar-refractivity contribution in [3.63, 3.8) is 0 Å². The summed E-state index contributed by atoms with van der Waals surface area (Å²) in [7, 11) is 1.82. The molecule has 20 heavy (non-hydrogen) atoms. The Labute approximate surface area is 126 Å². The molecule has 6 heteroatoms. The second-order valence-electron chi connectivity index (χ2n) is 4.19. The normalized spacial score (nSPS) is 10.6. The monoisotopic (exact) mass is 340 g/mol. The average Bonchev–Trinajstić information content (AvgIpc) is 2.36. The number of anilines is 1. The second kappa shape index (κ2) is 7.69. The number of carboxylic acids is 1. The maximum Gasteiger partial charge on any atom is 0.328 e. The number of aliphatic carboxylic acids is 1. The zero-order valence-electron chi connectivity index (χ0n) is 11.4. The number of halogens is 1. The van der Waals surface area contributed by atoms with Crippen LogP contribution in [0.25, 0.3) is 6.08 Å². The van der Waals surface area contributed by atoms with Crippen LogP contribution in [0.5, 0.6) is 0 Å². The summed E-state index contributed by atoms with van der Waals surface area (Å²) >= 11 is 3.43. The lowest BCUT2D eigenvalue weighted by molar-refractivity contribution is -0.131. The van der Waals surface area contributed by atoms with Crippen molar-refractivity contribution in [2.24, 2.45) is 0 Å². The number of amides is 1. The predicted octanol–water partition coefficient (Wildman–Crippen LogP) is 2.12. The summed E-state index contributed by atoms with van der Waals surface area (Å²) in [5.74, 6) is -1.03. The van der Waals surface area contributed by atoms with E-state index in [1.807, 2.05) is 31.0 Å². The Bertz CT molecular complexity index is 529. The number of hydrogen-bond acceptors (Lipinski definition) is 3. The number of carbonyl (C=O) groups excluding carboxylic acids is 1. The van der Waals surface area contributed by atoms with Crippen LogP contribution >= 0.6 is 15.9 Å². The van der Waals surface area contributed by atoms with Crippen LogP contribution in [0.4, 0.5) is 5.69 Å². The van der Waals surface area contributed by atoms with Crippen LogP contribution in [0.1, 0.15) is 12.5 Å². The number of benzene rings is 1. The second-order valence-corrected chi connectivity index (χ2v) is 5.05. The fourth-order valence-electron chi connectivity index (χ4n) is 1.66. The summed E-state index contributed by atoms with van der Waals surface area (Å²) in [5.41, 5.74) is 1.64. The van der Waals surface area contributed by atoms with Crippen LogP contribution in [0.3, 0.4) is 0 Å². The van der Waals surface area contributed by atoms with E-state index in [0.717, 1.165) is 21.8 Å². The first-order valence-electron chi connectivity index (χ1n) is 6.12. The van der Waals surface area contributed by atoms with Gasteiger partial charge >= 0.3 is 5.97 Å². The topological polar surface area (TPSA) is 69.6 Å². The molecule has 1 amide bonds. The highest BCUT2D eigenvalue weighted by Crippen LogP contribution is 2.26. The van der Waals surface area contributed by atoms with Crippen LogP contribution in [-0.2, 0) is 9.59 Å². The van der Waals surface area contributed by atoms with Crippen LogP contribution in [0.15, 0.2) is 28.7 Å². The summed E-state index contributed by atoms with van der Waals surface area (Å²) in [4.78, 5) is 23.8. The number of nitrogens with zero attached hydrogens (tertiary/aromatic N) is 1. The summed E-state index contributed by atoms with van der Waals surface area (Å²) < 4.78 is 0.803. The molecule has 1 aromatic carbocycles. The Kier molecular flexibility index (Phi) is 6.24. The zero-order valence-corrected chi connectivity index (χ0v) is 13.0. The lowest BCUT2D eigenvalue weighted by atomic mass is 10.2. The van der Waals surface area contributed by atoms with Gasteiger partial charge in [-0.15, -0.1) is 0 Å². The van der Waals surface area contributed by atoms with Gasteiger partial charge in [-0.1, -0.05) is 6.07 Å². The molecule has 0 saturated heterocycles. The molecule has 108 valence electrons. The number of nitrogens with one attached hydrogen (secondary N) is 1. The van der Waals surface area contributed by atoms with E-state index in [-0.39, 0.29) is 12.5 Å². The summed E-state index contributed by atoms with van der Waals surface area (Å²) in [6.45, 7) is 2.74. The van der Waals surface area contributed by atoms with Gasteiger partial charge in [-0.05, 0) is 46.6 Å². The van der Waals surface area contributed by atoms with Gasteiger partial charge in [0.15, 0.2) is 0 Å². The minimum Gasteiger partial charge on any atom is -0.478 e. The first-order chi connectivity index (χ1) is 9.43. The third-order valence-electron chi connectivity index (χ3n) is 2.56. The Morgan fingerprint density at radius 1 is 1.45 bits per heavy atom. The molecule has 0 bridgehead atoms. The van der Waals surface area contributed by atoms with Gasteiger partial charge in [0, 0.05) is 24.1 Å². The van der Waals surface area contributed by atoms with Crippen LogP contribution in [-0.4, -0.2) is 37.1 Å². The highest BCUT2D eigenvalue weighted by Gasteiger charge is 2.09. The molecule has 5 nitrogen and oxygen atoms in total. The highest BCUT2D eigenvalue weighted by atomic mass is 79.9. The lowest BCUT2D eigenvalue weighted by Gasteiger charge is -2.20. The third kappa shape index (κ3) is 5.05. The van der Waals surface area contributed by atoms with E-state index in [1.54, 1.807) is 6.07 Å². The summed E-state index contributed by atoms with van der Waals surface area (Å²) in [6, 6.07) is 5.45. The van der Waals surface area contributed by atoms with E-state index in [2.05, 4.69) is 21.2 Å². The van der Waals surface area contributed by atoms with Gasteiger partial charge in [0.2, 0.25) is 5.91 Å². The Balaban J connectivity index is 2.82. The molecule has 0 spiro atoms. The molecule has 0 aliphatic rings. The van der Waals surface area contributed by atoms with Crippen molar-refractivity contribution in [3.8, 4) is 0 Å². The van der Waals surface area contributed by atoms with Crippen molar-refractivity contribution in [2.75, 3.05) is 25.0 Å². The van der Waals surface area contributed by atoms with Crippen LogP contribution in [0, 0.1) is 0 Å². The van der Waals surface area contributed by atoms with Crippen LogP contribution < -0.4 is 10.2 Å². The van der Waals surface area contributed by atoms with Crippen molar-refractivity contribution in [2.45, 2.75) is 6.92 Å². The molecule has 1 rings (SSSR count). The summed E-state index contributed by atoms with van der Waals surface area (Å²) in [5, 5.41) is 11.3. The predicted molar refractivity (Wildman–Crippen MR) is 82.8 cm³/mol. The number of rotatable bonds is 6. The molecule has 0 radical (unpaired) electrons. The largest absolute Gasteiger partial charge is 0.478 e. The quantitative estimate of drug-likeness (QED) is 0.778. The molecular weight excluding hydrogens is 324 g/mol. The third-order valence-corrected chi connectivity index (χ3v) is 3.19. The van der Waals surface area contributed by atoms with Crippen molar-refractivity contribution in [1.29, 1.82) is 0 Å². The first kappa shape index (κ1) is 16.2. The minimum atomic E-state index is -0.987. The molecule has 1 aromatic rings. The van der Waals surface area contributed by atoms with Crippen molar-refractivity contribution in [1.82, 2.24) is 5.32 Å². The zero-order chi connectivity index (χ0) is 15.1. The average molecular weight is 341 g/mol. The molecule has 2 N–H and O–H groups in total. The SMILES string of the molecule is CCNC(=O)CN(C)c1ccc(/C=C/C(=O)O)cc1Br. The van der Waals surface area contributed by atoms with Gasteiger partial charge in [0.1, 0.15) is 0 Å². The molecule has 0 unspecified atom stereocenters. The van der Waals surface area contributed by atoms with E-state index < -0.39 is 5.97 Å².